The van der Waals surface area contributed by atoms with Crippen LogP contribution in [0.15, 0.2) is 4.99 Å². The maximum Gasteiger partial charge on any atom is 0.328 e. The van der Waals surface area contributed by atoms with Gasteiger partial charge < -0.3 is 15.0 Å². The average Bonchev–Trinajstić information content (AvgIpc) is 3.05. The van der Waals surface area contributed by atoms with Gasteiger partial charge in [0.1, 0.15) is 6.04 Å². The topological polar surface area (TPSA) is 71.0 Å². The third kappa shape index (κ3) is 2.38. The van der Waals surface area contributed by atoms with Crippen LogP contribution in [0, 0.1) is 0 Å². The van der Waals surface area contributed by atoms with Crippen LogP contribution >= 0.6 is 0 Å². The van der Waals surface area contributed by atoms with Crippen LogP contribution in [0.2, 0.25) is 0 Å². The van der Waals surface area contributed by atoms with Gasteiger partial charge in [-0.25, -0.2) is 4.79 Å². The molecule has 0 unspecified atom stereocenters. The summed E-state index contributed by atoms with van der Waals surface area (Å²) in [5, 5.41) is 3.13. The smallest absolute Gasteiger partial charge is 0.328 e. The van der Waals surface area contributed by atoms with Gasteiger partial charge in [-0.2, -0.15) is 0 Å². The SMILES string of the molecule is C=N[C@H]1CN[C@H](C(=O)N2CCC[C@H]2C(=O)OC)C1. The summed E-state index contributed by atoms with van der Waals surface area (Å²) in [6.07, 6.45) is 2.20. The second kappa shape index (κ2) is 5.48. The second-order valence-corrected chi connectivity index (χ2v) is 4.75. The van der Waals surface area contributed by atoms with Crippen LogP contribution in [0.1, 0.15) is 19.3 Å². The van der Waals surface area contributed by atoms with Crippen LogP contribution in [-0.2, 0) is 14.3 Å². The summed E-state index contributed by atoms with van der Waals surface area (Å²) < 4.78 is 4.74. The van der Waals surface area contributed by atoms with E-state index in [-0.39, 0.29) is 24.0 Å². The largest absolute Gasteiger partial charge is 0.467 e. The Bertz CT molecular complexity index is 358. The van der Waals surface area contributed by atoms with Gasteiger partial charge in [-0.15, -0.1) is 0 Å². The molecule has 6 heteroatoms. The monoisotopic (exact) mass is 253 g/mol. The molecule has 100 valence electrons. The molecule has 2 aliphatic heterocycles. The van der Waals surface area contributed by atoms with Crippen molar-refractivity contribution in [2.45, 2.75) is 37.4 Å². The average molecular weight is 253 g/mol. The molecular formula is C12H19N3O3. The number of carbonyl (C=O) groups is 2. The summed E-state index contributed by atoms with van der Waals surface area (Å²) in [5.74, 6) is -0.341. The Balaban J connectivity index is 2.00. The minimum Gasteiger partial charge on any atom is -0.467 e. The molecule has 18 heavy (non-hydrogen) atoms. The van der Waals surface area contributed by atoms with Gasteiger partial charge in [-0.05, 0) is 26.0 Å². The van der Waals surface area contributed by atoms with Crippen molar-refractivity contribution in [2.24, 2.45) is 4.99 Å². The third-order valence-corrected chi connectivity index (χ3v) is 3.67. The Kier molecular flexibility index (Phi) is 3.96. The summed E-state index contributed by atoms with van der Waals surface area (Å²) in [7, 11) is 1.36. The molecule has 2 rings (SSSR count). The summed E-state index contributed by atoms with van der Waals surface area (Å²) in [5.41, 5.74) is 0. The Hall–Kier alpha value is -1.43. The molecule has 0 bridgehead atoms. The summed E-state index contributed by atoms with van der Waals surface area (Å²) in [6, 6.07) is -0.566. The van der Waals surface area contributed by atoms with Crippen LogP contribution in [-0.4, -0.2) is 61.8 Å². The normalized spacial score (nSPS) is 31.4. The van der Waals surface area contributed by atoms with E-state index in [9.17, 15) is 9.59 Å². The van der Waals surface area contributed by atoms with Crippen LogP contribution < -0.4 is 5.32 Å². The van der Waals surface area contributed by atoms with Gasteiger partial charge in [0.2, 0.25) is 5.91 Å². The summed E-state index contributed by atoms with van der Waals surface area (Å²) >= 11 is 0. The molecule has 0 saturated carbocycles. The molecule has 0 aromatic carbocycles. The van der Waals surface area contributed by atoms with Gasteiger partial charge >= 0.3 is 5.97 Å². The molecule has 6 nitrogen and oxygen atoms in total. The predicted octanol–water partition coefficient (Wildman–Crippen LogP) is -0.418. The van der Waals surface area contributed by atoms with E-state index >= 15 is 0 Å². The number of ether oxygens (including phenoxy) is 1. The van der Waals surface area contributed by atoms with Crippen molar-refractivity contribution in [2.75, 3.05) is 20.2 Å². The van der Waals surface area contributed by atoms with Gasteiger partial charge in [-0.3, -0.25) is 9.79 Å². The van der Waals surface area contributed by atoms with Crippen molar-refractivity contribution in [1.82, 2.24) is 10.2 Å². The molecule has 3 atom stereocenters. The molecule has 0 aromatic heterocycles. The van der Waals surface area contributed by atoms with Crippen molar-refractivity contribution < 1.29 is 14.3 Å². The van der Waals surface area contributed by atoms with E-state index in [1.807, 2.05) is 0 Å². The number of hydrogen-bond donors (Lipinski definition) is 1. The van der Waals surface area contributed by atoms with E-state index in [2.05, 4.69) is 17.0 Å². The van der Waals surface area contributed by atoms with Gasteiger partial charge in [-0.1, -0.05) is 0 Å². The summed E-state index contributed by atoms with van der Waals surface area (Å²) in [6.45, 7) is 4.81. The fraction of sp³-hybridized carbons (Fsp3) is 0.750. The van der Waals surface area contributed by atoms with E-state index in [0.717, 1.165) is 6.42 Å². The fourth-order valence-electron chi connectivity index (χ4n) is 2.66. The highest BCUT2D eigenvalue weighted by atomic mass is 16.5. The number of esters is 1. The Morgan fingerprint density at radius 2 is 2.28 bits per heavy atom. The number of carbonyl (C=O) groups excluding carboxylic acids is 2. The maximum absolute atomic E-state index is 12.3. The highest BCUT2D eigenvalue weighted by Crippen LogP contribution is 2.22. The highest BCUT2D eigenvalue weighted by Gasteiger charge is 2.39. The third-order valence-electron chi connectivity index (χ3n) is 3.67. The molecule has 2 heterocycles. The van der Waals surface area contributed by atoms with E-state index in [1.165, 1.54) is 7.11 Å². The van der Waals surface area contributed by atoms with Crippen molar-refractivity contribution in [1.29, 1.82) is 0 Å². The zero-order chi connectivity index (χ0) is 13.1. The fourth-order valence-corrected chi connectivity index (χ4v) is 2.66. The number of aliphatic imine (C=N–C) groups is 1. The van der Waals surface area contributed by atoms with Crippen LogP contribution in [0.3, 0.4) is 0 Å². The second-order valence-electron chi connectivity index (χ2n) is 4.75. The van der Waals surface area contributed by atoms with Crippen LogP contribution in [0.25, 0.3) is 0 Å². The van der Waals surface area contributed by atoms with E-state index in [0.29, 0.717) is 25.9 Å². The molecular weight excluding hydrogens is 234 g/mol. The van der Waals surface area contributed by atoms with Gasteiger partial charge in [0.25, 0.3) is 0 Å². The first kappa shape index (κ1) is 13.0. The highest BCUT2D eigenvalue weighted by molar-refractivity contribution is 5.88. The van der Waals surface area contributed by atoms with Crippen LogP contribution in [0.4, 0.5) is 0 Å². The van der Waals surface area contributed by atoms with Crippen molar-refractivity contribution >= 4 is 18.6 Å². The molecule has 2 fully saturated rings. The first-order valence-corrected chi connectivity index (χ1v) is 6.25. The lowest BCUT2D eigenvalue weighted by Gasteiger charge is -2.25. The van der Waals surface area contributed by atoms with Gasteiger partial charge in [0, 0.05) is 13.1 Å². The molecule has 2 aliphatic rings. The maximum atomic E-state index is 12.3. The van der Waals surface area contributed by atoms with Crippen molar-refractivity contribution in [3.05, 3.63) is 0 Å². The first-order valence-electron chi connectivity index (χ1n) is 6.25. The zero-order valence-electron chi connectivity index (χ0n) is 10.6. The molecule has 0 radical (unpaired) electrons. The number of methoxy groups -OCH3 is 1. The molecule has 1 amide bonds. The van der Waals surface area contributed by atoms with Crippen LogP contribution in [0.5, 0.6) is 0 Å². The molecule has 0 aliphatic carbocycles. The van der Waals surface area contributed by atoms with Crippen molar-refractivity contribution in [3.63, 3.8) is 0 Å². The number of likely N-dealkylation sites (tertiary alicyclic amines) is 1. The lowest BCUT2D eigenvalue weighted by molar-refractivity contribution is -0.151. The lowest BCUT2D eigenvalue weighted by atomic mass is 10.1. The standard InChI is InChI=1S/C12H19N3O3/c1-13-8-6-9(14-7-8)11(16)15-5-3-4-10(15)12(17)18-2/h8-10,14H,1,3-7H2,2H3/t8-,9+,10+/m1/s1. The zero-order valence-corrected chi connectivity index (χ0v) is 10.6. The summed E-state index contributed by atoms with van der Waals surface area (Å²) in [4.78, 5) is 29.5. The number of hydrogen-bond acceptors (Lipinski definition) is 5. The van der Waals surface area contributed by atoms with E-state index < -0.39 is 6.04 Å². The van der Waals surface area contributed by atoms with E-state index in [4.69, 9.17) is 4.74 Å². The number of nitrogens with zero attached hydrogens (tertiary/aromatic N) is 2. The quantitative estimate of drug-likeness (QED) is 0.548. The Morgan fingerprint density at radius 1 is 1.50 bits per heavy atom. The molecule has 0 aromatic rings. The minimum absolute atomic E-state index is 0.0194. The predicted molar refractivity (Wildman–Crippen MR) is 66.5 cm³/mol. The Labute approximate surface area is 106 Å². The Morgan fingerprint density at radius 3 is 2.89 bits per heavy atom. The number of nitrogens with one attached hydrogen (secondary N) is 1. The molecule has 1 N–H and O–H groups in total. The number of amides is 1. The first-order chi connectivity index (χ1) is 8.67. The molecule has 2 saturated heterocycles. The van der Waals surface area contributed by atoms with Gasteiger partial charge in [0.05, 0.1) is 19.2 Å². The number of rotatable bonds is 3. The lowest BCUT2D eigenvalue weighted by Crippen LogP contribution is -2.48. The minimum atomic E-state index is -0.417. The van der Waals surface area contributed by atoms with Crippen molar-refractivity contribution in [3.8, 4) is 0 Å². The van der Waals surface area contributed by atoms with Gasteiger partial charge in [0.15, 0.2) is 0 Å². The molecule has 0 spiro atoms. The van der Waals surface area contributed by atoms with E-state index in [1.54, 1.807) is 4.90 Å².